The average molecular weight is 295 g/mol. The number of hydrogen-bond donors (Lipinski definition) is 1. The maximum Gasteiger partial charge on any atom is 0.0600 e. The minimum atomic E-state index is 0.335. The first-order valence-corrected chi connectivity index (χ1v) is 8.87. The molecule has 1 N–H and O–H groups in total. The first kappa shape index (κ1) is 16.0. The van der Waals surface area contributed by atoms with Gasteiger partial charge in [-0.3, -0.25) is 0 Å². The van der Waals surface area contributed by atoms with Gasteiger partial charge in [-0.2, -0.15) is 0 Å². The van der Waals surface area contributed by atoms with Crippen LogP contribution < -0.4 is 5.32 Å². The van der Waals surface area contributed by atoms with Gasteiger partial charge < -0.3 is 10.1 Å². The fourth-order valence-corrected chi connectivity index (χ4v) is 4.43. The Morgan fingerprint density at radius 2 is 1.95 bits per heavy atom. The Labute approximate surface area is 127 Å². The number of aryl methyl sites for hydroxylation is 1. The van der Waals surface area contributed by atoms with Crippen molar-refractivity contribution in [2.75, 3.05) is 6.54 Å². The molecular weight excluding hydrogens is 266 g/mol. The number of rotatable bonds is 6. The van der Waals surface area contributed by atoms with Crippen molar-refractivity contribution < 1.29 is 4.74 Å². The normalized spacial score (nSPS) is 31.6. The second-order valence-electron chi connectivity index (χ2n) is 6.07. The third-order valence-corrected chi connectivity index (χ3v) is 5.97. The Morgan fingerprint density at radius 1 is 1.20 bits per heavy atom. The highest BCUT2D eigenvalue weighted by atomic mass is 32.1. The van der Waals surface area contributed by atoms with Gasteiger partial charge in [0.1, 0.15) is 0 Å². The summed E-state index contributed by atoms with van der Waals surface area (Å²) in [7, 11) is 0. The van der Waals surface area contributed by atoms with Crippen LogP contribution in [0.1, 0.15) is 56.8 Å². The van der Waals surface area contributed by atoms with Crippen LogP contribution in [0.2, 0.25) is 0 Å². The van der Waals surface area contributed by atoms with Gasteiger partial charge in [-0.05, 0) is 51.3 Å². The lowest BCUT2D eigenvalue weighted by molar-refractivity contribution is 0.0476. The fraction of sp³-hybridized carbons (Fsp3) is 0.765. The van der Waals surface area contributed by atoms with E-state index in [4.69, 9.17) is 4.74 Å². The van der Waals surface area contributed by atoms with E-state index in [0.717, 1.165) is 13.0 Å². The molecule has 0 aliphatic carbocycles. The van der Waals surface area contributed by atoms with Gasteiger partial charge in [-0.1, -0.05) is 20.8 Å². The van der Waals surface area contributed by atoms with Crippen LogP contribution >= 0.6 is 11.3 Å². The summed E-state index contributed by atoms with van der Waals surface area (Å²) < 4.78 is 6.07. The highest BCUT2D eigenvalue weighted by molar-refractivity contribution is 7.12. The van der Waals surface area contributed by atoms with Crippen LogP contribution in [-0.4, -0.2) is 18.8 Å². The van der Waals surface area contributed by atoms with Crippen LogP contribution in [-0.2, 0) is 11.2 Å². The van der Waals surface area contributed by atoms with E-state index in [0.29, 0.717) is 30.1 Å². The van der Waals surface area contributed by atoms with E-state index in [2.05, 4.69) is 52.1 Å². The van der Waals surface area contributed by atoms with Gasteiger partial charge in [0.15, 0.2) is 0 Å². The standard InChI is InChI=1S/C17H29NOS/c1-6-10-18-17(15-9-8-14(7-2)20-15)16-11(3)12(4)19-13(16)5/h8-9,11-13,16-18H,6-7,10H2,1-5H3. The summed E-state index contributed by atoms with van der Waals surface area (Å²) in [5, 5.41) is 3.78. The van der Waals surface area contributed by atoms with Crippen molar-refractivity contribution >= 4 is 11.3 Å². The average Bonchev–Trinajstić information content (AvgIpc) is 2.99. The third-order valence-electron chi connectivity index (χ3n) is 4.66. The van der Waals surface area contributed by atoms with Crippen molar-refractivity contribution in [3.63, 3.8) is 0 Å². The zero-order chi connectivity index (χ0) is 14.7. The zero-order valence-corrected chi connectivity index (χ0v) is 14.3. The lowest BCUT2D eigenvalue weighted by atomic mass is 9.82. The first-order valence-electron chi connectivity index (χ1n) is 8.05. The van der Waals surface area contributed by atoms with Crippen LogP contribution in [0.4, 0.5) is 0 Å². The topological polar surface area (TPSA) is 21.3 Å². The van der Waals surface area contributed by atoms with Crippen molar-refractivity contribution in [3.05, 3.63) is 21.9 Å². The SMILES string of the molecule is CCCNC(c1ccc(CC)s1)C1C(C)OC(C)C1C. The second-order valence-corrected chi connectivity index (χ2v) is 7.27. The van der Waals surface area contributed by atoms with Crippen LogP contribution in [0.15, 0.2) is 12.1 Å². The Hall–Kier alpha value is -0.380. The summed E-state index contributed by atoms with van der Waals surface area (Å²) in [6, 6.07) is 5.05. The van der Waals surface area contributed by atoms with Gasteiger partial charge in [0.25, 0.3) is 0 Å². The molecule has 0 aromatic carbocycles. The summed E-state index contributed by atoms with van der Waals surface area (Å²) in [5.41, 5.74) is 0. The molecular formula is C17H29NOS. The molecule has 114 valence electrons. The number of hydrogen-bond acceptors (Lipinski definition) is 3. The molecule has 20 heavy (non-hydrogen) atoms. The van der Waals surface area contributed by atoms with Crippen LogP contribution in [0.25, 0.3) is 0 Å². The highest BCUT2D eigenvalue weighted by Crippen LogP contribution is 2.42. The lowest BCUT2D eigenvalue weighted by Crippen LogP contribution is -2.34. The molecule has 1 aromatic heterocycles. The molecule has 3 heteroatoms. The third kappa shape index (κ3) is 3.26. The molecule has 2 heterocycles. The molecule has 5 atom stereocenters. The predicted octanol–water partition coefficient (Wildman–Crippen LogP) is 4.41. The Balaban J connectivity index is 2.22. The number of ether oxygens (including phenoxy) is 1. The summed E-state index contributed by atoms with van der Waals surface area (Å²) >= 11 is 1.97. The first-order chi connectivity index (χ1) is 9.58. The summed E-state index contributed by atoms with van der Waals surface area (Å²) in [6.45, 7) is 12.3. The van der Waals surface area contributed by atoms with Crippen LogP contribution in [0.3, 0.4) is 0 Å². The molecule has 1 aromatic rings. The van der Waals surface area contributed by atoms with Gasteiger partial charge in [-0.25, -0.2) is 0 Å². The van der Waals surface area contributed by atoms with Crippen molar-refractivity contribution in [1.29, 1.82) is 0 Å². The monoisotopic (exact) mass is 295 g/mol. The van der Waals surface area contributed by atoms with Crippen LogP contribution in [0.5, 0.6) is 0 Å². The molecule has 2 nitrogen and oxygen atoms in total. The molecule has 1 aliphatic rings. The molecule has 5 unspecified atom stereocenters. The quantitative estimate of drug-likeness (QED) is 0.839. The molecule has 0 amide bonds. The van der Waals surface area contributed by atoms with E-state index in [-0.39, 0.29) is 0 Å². The maximum atomic E-state index is 6.07. The van der Waals surface area contributed by atoms with Gasteiger partial charge in [0, 0.05) is 21.7 Å². The second kappa shape index (κ2) is 7.06. The van der Waals surface area contributed by atoms with Crippen molar-refractivity contribution in [3.8, 4) is 0 Å². The van der Waals surface area contributed by atoms with Gasteiger partial charge in [0.2, 0.25) is 0 Å². The number of thiophene rings is 1. The van der Waals surface area contributed by atoms with Crippen LogP contribution in [0, 0.1) is 11.8 Å². The van der Waals surface area contributed by atoms with E-state index in [9.17, 15) is 0 Å². The van der Waals surface area contributed by atoms with Gasteiger partial charge in [-0.15, -0.1) is 11.3 Å². The Kier molecular flexibility index (Phi) is 5.65. The van der Waals surface area contributed by atoms with Gasteiger partial charge >= 0.3 is 0 Å². The zero-order valence-electron chi connectivity index (χ0n) is 13.5. The molecule has 0 bridgehead atoms. The molecule has 2 rings (SSSR count). The summed E-state index contributed by atoms with van der Waals surface area (Å²) in [4.78, 5) is 2.97. The van der Waals surface area contributed by atoms with E-state index in [1.54, 1.807) is 0 Å². The predicted molar refractivity (Wildman–Crippen MR) is 87.4 cm³/mol. The smallest absolute Gasteiger partial charge is 0.0600 e. The Bertz CT molecular complexity index is 417. The molecule has 0 spiro atoms. The lowest BCUT2D eigenvalue weighted by Gasteiger charge is -2.29. The molecule has 1 fully saturated rings. The highest BCUT2D eigenvalue weighted by Gasteiger charge is 2.42. The van der Waals surface area contributed by atoms with E-state index >= 15 is 0 Å². The fourth-order valence-electron chi connectivity index (χ4n) is 3.35. The number of nitrogens with one attached hydrogen (secondary N) is 1. The van der Waals surface area contributed by atoms with Crippen molar-refractivity contribution in [2.24, 2.45) is 11.8 Å². The molecule has 1 aliphatic heterocycles. The van der Waals surface area contributed by atoms with E-state index in [1.807, 2.05) is 11.3 Å². The largest absolute Gasteiger partial charge is 0.375 e. The maximum absolute atomic E-state index is 6.07. The summed E-state index contributed by atoms with van der Waals surface area (Å²) in [6.07, 6.45) is 3.01. The molecule has 0 saturated carbocycles. The van der Waals surface area contributed by atoms with E-state index in [1.165, 1.54) is 16.2 Å². The van der Waals surface area contributed by atoms with Crippen molar-refractivity contribution in [1.82, 2.24) is 5.32 Å². The van der Waals surface area contributed by atoms with E-state index < -0.39 is 0 Å². The van der Waals surface area contributed by atoms with Crippen molar-refractivity contribution in [2.45, 2.75) is 65.7 Å². The van der Waals surface area contributed by atoms with Gasteiger partial charge in [0.05, 0.1) is 12.2 Å². The minimum Gasteiger partial charge on any atom is -0.375 e. The summed E-state index contributed by atoms with van der Waals surface area (Å²) in [5.74, 6) is 1.17. The molecule has 0 radical (unpaired) electrons. The Morgan fingerprint density at radius 3 is 2.45 bits per heavy atom. The minimum absolute atomic E-state index is 0.335. The molecule has 1 saturated heterocycles.